The van der Waals surface area contributed by atoms with Crippen molar-refractivity contribution in [2.75, 3.05) is 13.2 Å². The van der Waals surface area contributed by atoms with Crippen molar-refractivity contribution in [3.8, 4) is 0 Å². The van der Waals surface area contributed by atoms with E-state index in [0.29, 0.717) is 25.9 Å². The highest BCUT2D eigenvalue weighted by molar-refractivity contribution is 5.76. The molecule has 6 heteroatoms. The second kappa shape index (κ2) is 55.2. The molecule has 65 heavy (non-hydrogen) atoms. The summed E-state index contributed by atoms with van der Waals surface area (Å²) in [4.78, 5) is 24.4. The number of esters is 1. The molecule has 2 atom stereocenters. The van der Waals surface area contributed by atoms with Crippen molar-refractivity contribution < 1.29 is 24.5 Å². The third-order valence-electron chi connectivity index (χ3n) is 13.8. The standard InChI is InChI=1S/C59H115NO5/c1-3-5-7-9-11-13-15-33-37-41-45-49-53-59(64)65-54-50-46-42-38-34-30-28-26-24-22-20-18-16-17-19-21-23-25-27-29-32-36-40-44-48-52-58(63)60-56(55-61)57(62)51-47-43-39-35-31-14-12-10-8-6-4-2/h11,13,56-57,61-62H,3-10,12,14-55H2,1-2H3,(H,60,63)/b13-11-. The third kappa shape index (κ3) is 51.8. The van der Waals surface area contributed by atoms with Gasteiger partial charge in [0.05, 0.1) is 25.4 Å². The van der Waals surface area contributed by atoms with Gasteiger partial charge < -0.3 is 20.3 Å². The van der Waals surface area contributed by atoms with Crippen LogP contribution in [0.1, 0.15) is 328 Å². The maximum Gasteiger partial charge on any atom is 0.305 e. The van der Waals surface area contributed by atoms with Crippen LogP contribution in [0, 0.1) is 0 Å². The lowest BCUT2D eigenvalue weighted by Crippen LogP contribution is -2.45. The highest BCUT2D eigenvalue weighted by Crippen LogP contribution is 2.18. The molecule has 3 N–H and O–H groups in total. The van der Waals surface area contributed by atoms with Crippen LogP contribution in [0.4, 0.5) is 0 Å². The zero-order chi connectivity index (χ0) is 47.2. The molecule has 0 aromatic rings. The molecule has 0 rings (SSSR count). The summed E-state index contributed by atoms with van der Waals surface area (Å²) in [5, 5.41) is 23.2. The lowest BCUT2D eigenvalue weighted by atomic mass is 10.0. The lowest BCUT2D eigenvalue weighted by molar-refractivity contribution is -0.143. The Kier molecular flexibility index (Phi) is 54.0. The smallest absolute Gasteiger partial charge is 0.305 e. The molecule has 0 saturated heterocycles. The van der Waals surface area contributed by atoms with Gasteiger partial charge in [-0.1, -0.05) is 276 Å². The number of nitrogens with one attached hydrogen (secondary N) is 1. The SMILES string of the molecule is CCCCC/C=C\CCCCCCCC(=O)OCCCCCCCCCCCCCCCCCCCCCCCCCCCC(=O)NC(CO)C(O)CCCCCCCCCCCCC. The Balaban J connectivity index is 3.34. The molecule has 0 radical (unpaired) electrons. The summed E-state index contributed by atoms with van der Waals surface area (Å²) in [7, 11) is 0. The number of unbranched alkanes of at least 4 members (excludes halogenated alkanes) is 42. The number of rotatable bonds is 55. The van der Waals surface area contributed by atoms with Crippen molar-refractivity contribution >= 4 is 11.9 Å². The number of allylic oxidation sites excluding steroid dienone is 2. The molecular weight excluding hydrogens is 803 g/mol. The summed E-state index contributed by atoms with van der Waals surface area (Å²) < 4.78 is 5.47. The number of carbonyl (C=O) groups is 2. The number of aliphatic hydroxyl groups excluding tert-OH is 2. The van der Waals surface area contributed by atoms with Gasteiger partial charge in [-0.15, -0.1) is 0 Å². The fraction of sp³-hybridized carbons (Fsp3) is 0.932. The summed E-state index contributed by atoms with van der Waals surface area (Å²) in [5.74, 6) is -0.0265. The van der Waals surface area contributed by atoms with Crippen LogP contribution in [-0.4, -0.2) is 47.4 Å². The van der Waals surface area contributed by atoms with E-state index in [1.165, 1.54) is 250 Å². The van der Waals surface area contributed by atoms with Crippen LogP contribution in [-0.2, 0) is 14.3 Å². The minimum absolute atomic E-state index is 0.00654. The predicted octanol–water partition coefficient (Wildman–Crippen LogP) is 18.1. The number of carbonyl (C=O) groups excluding carboxylic acids is 2. The number of ether oxygens (including phenoxy) is 1. The average molecular weight is 919 g/mol. The number of aliphatic hydroxyl groups is 2. The molecule has 0 aliphatic rings. The average Bonchev–Trinajstić information content (AvgIpc) is 3.31. The molecule has 1 amide bonds. The van der Waals surface area contributed by atoms with Gasteiger partial charge in [-0.3, -0.25) is 9.59 Å². The van der Waals surface area contributed by atoms with Gasteiger partial charge in [0, 0.05) is 12.8 Å². The van der Waals surface area contributed by atoms with Gasteiger partial charge in [0.2, 0.25) is 5.91 Å². The monoisotopic (exact) mass is 918 g/mol. The van der Waals surface area contributed by atoms with Crippen LogP contribution >= 0.6 is 0 Å². The molecule has 0 saturated carbocycles. The Bertz CT molecular complexity index is 970. The molecule has 0 aliphatic heterocycles. The van der Waals surface area contributed by atoms with Crippen molar-refractivity contribution in [1.29, 1.82) is 0 Å². The molecule has 386 valence electrons. The van der Waals surface area contributed by atoms with E-state index in [-0.39, 0.29) is 18.5 Å². The quantitative estimate of drug-likeness (QED) is 0.0321. The van der Waals surface area contributed by atoms with Crippen LogP contribution < -0.4 is 5.32 Å². The second-order valence-electron chi connectivity index (χ2n) is 20.3. The molecule has 0 bridgehead atoms. The number of hydrogen-bond donors (Lipinski definition) is 3. The first kappa shape index (κ1) is 63.6. The fourth-order valence-corrected chi connectivity index (χ4v) is 9.28. The van der Waals surface area contributed by atoms with Gasteiger partial charge in [-0.05, 0) is 51.4 Å². The van der Waals surface area contributed by atoms with E-state index in [1.54, 1.807) is 0 Å². The number of hydrogen-bond acceptors (Lipinski definition) is 5. The molecular formula is C59H115NO5. The van der Waals surface area contributed by atoms with Gasteiger partial charge in [-0.2, -0.15) is 0 Å². The topological polar surface area (TPSA) is 95.9 Å². The third-order valence-corrected chi connectivity index (χ3v) is 13.8. The Morgan fingerprint density at radius 3 is 1.12 bits per heavy atom. The van der Waals surface area contributed by atoms with Gasteiger partial charge in [0.15, 0.2) is 0 Å². The Morgan fingerprint density at radius 2 is 0.723 bits per heavy atom. The zero-order valence-electron chi connectivity index (χ0n) is 44.0. The molecule has 6 nitrogen and oxygen atoms in total. The molecule has 0 heterocycles. The van der Waals surface area contributed by atoms with E-state index in [0.717, 1.165) is 44.9 Å². The number of amides is 1. The highest BCUT2D eigenvalue weighted by Gasteiger charge is 2.20. The highest BCUT2D eigenvalue weighted by atomic mass is 16.5. The first-order chi connectivity index (χ1) is 32.0. The van der Waals surface area contributed by atoms with Gasteiger partial charge >= 0.3 is 5.97 Å². The fourth-order valence-electron chi connectivity index (χ4n) is 9.28. The van der Waals surface area contributed by atoms with Crippen LogP contribution in [0.5, 0.6) is 0 Å². The summed E-state index contributed by atoms with van der Waals surface area (Å²) in [5.41, 5.74) is 0. The molecule has 0 spiro atoms. The van der Waals surface area contributed by atoms with E-state index in [9.17, 15) is 19.8 Å². The van der Waals surface area contributed by atoms with Crippen LogP contribution in [0.15, 0.2) is 12.2 Å². The largest absolute Gasteiger partial charge is 0.466 e. The maximum absolute atomic E-state index is 12.4. The Labute approximate surface area is 406 Å². The molecule has 0 aliphatic carbocycles. The van der Waals surface area contributed by atoms with E-state index < -0.39 is 12.1 Å². The Morgan fingerprint density at radius 1 is 0.415 bits per heavy atom. The van der Waals surface area contributed by atoms with E-state index in [1.807, 2.05) is 0 Å². The van der Waals surface area contributed by atoms with Gasteiger partial charge in [0.25, 0.3) is 0 Å². The minimum atomic E-state index is -0.660. The lowest BCUT2D eigenvalue weighted by Gasteiger charge is -2.22. The summed E-state index contributed by atoms with van der Waals surface area (Å²) >= 11 is 0. The van der Waals surface area contributed by atoms with Crippen LogP contribution in [0.2, 0.25) is 0 Å². The normalized spacial score (nSPS) is 12.6. The van der Waals surface area contributed by atoms with Gasteiger partial charge in [-0.25, -0.2) is 0 Å². The summed E-state index contributed by atoms with van der Waals surface area (Å²) in [6.45, 7) is 4.93. The van der Waals surface area contributed by atoms with E-state index in [2.05, 4.69) is 31.3 Å². The molecule has 0 aromatic heterocycles. The zero-order valence-corrected chi connectivity index (χ0v) is 44.0. The van der Waals surface area contributed by atoms with E-state index >= 15 is 0 Å². The second-order valence-corrected chi connectivity index (χ2v) is 20.3. The predicted molar refractivity (Wildman–Crippen MR) is 283 cm³/mol. The van der Waals surface area contributed by atoms with Crippen molar-refractivity contribution in [2.24, 2.45) is 0 Å². The minimum Gasteiger partial charge on any atom is -0.466 e. The van der Waals surface area contributed by atoms with Crippen molar-refractivity contribution in [1.82, 2.24) is 5.32 Å². The van der Waals surface area contributed by atoms with Crippen LogP contribution in [0.25, 0.3) is 0 Å². The summed E-state index contributed by atoms with van der Waals surface area (Å²) in [6.07, 6.45) is 65.0. The first-order valence-corrected chi connectivity index (χ1v) is 29.4. The first-order valence-electron chi connectivity index (χ1n) is 29.4. The molecule has 0 fully saturated rings. The molecule has 2 unspecified atom stereocenters. The van der Waals surface area contributed by atoms with Gasteiger partial charge in [0.1, 0.15) is 0 Å². The summed E-state index contributed by atoms with van der Waals surface area (Å²) in [6, 6.07) is -0.538. The van der Waals surface area contributed by atoms with E-state index in [4.69, 9.17) is 4.74 Å². The molecule has 0 aromatic carbocycles. The van der Waals surface area contributed by atoms with Crippen molar-refractivity contribution in [3.63, 3.8) is 0 Å². The van der Waals surface area contributed by atoms with Crippen molar-refractivity contribution in [3.05, 3.63) is 12.2 Å². The van der Waals surface area contributed by atoms with Crippen molar-refractivity contribution in [2.45, 2.75) is 341 Å². The van der Waals surface area contributed by atoms with Crippen LogP contribution in [0.3, 0.4) is 0 Å². The maximum atomic E-state index is 12.4. The Hall–Kier alpha value is -1.40.